The lowest BCUT2D eigenvalue weighted by atomic mass is 10.0. The van der Waals surface area contributed by atoms with Gasteiger partial charge in [0.15, 0.2) is 0 Å². The number of phenols is 3. The third kappa shape index (κ3) is 4.50. The first kappa shape index (κ1) is 24.0. The summed E-state index contributed by atoms with van der Waals surface area (Å²) in [4.78, 5) is 1.89. The first-order valence-corrected chi connectivity index (χ1v) is 11.5. The summed E-state index contributed by atoms with van der Waals surface area (Å²) in [5.41, 5.74) is 7.59. The molecule has 35 heavy (non-hydrogen) atoms. The number of benzene rings is 4. The monoisotopic (exact) mass is 469 g/mol. The average Bonchev–Trinajstić information content (AvgIpc) is 2.82. The molecule has 0 heterocycles. The van der Waals surface area contributed by atoms with E-state index in [2.05, 4.69) is 0 Å². The third-order valence-electron chi connectivity index (χ3n) is 6.62. The maximum Gasteiger partial charge on any atom is 0.139 e. The highest BCUT2D eigenvalue weighted by Crippen LogP contribution is 2.48. The zero-order valence-corrected chi connectivity index (χ0v) is 21.0. The lowest BCUT2D eigenvalue weighted by Gasteiger charge is -2.30. The van der Waals surface area contributed by atoms with E-state index in [1.165, 1.54) is 0 Å². The highest BCUT2D eigenvalue weighted by Gasteiger charge is 2.24. The van der Waals surface area contributed by atoms with Crippen LogP contribution in [0.15, 0.2) is 60.7 Å². The Hall–Kier alpha value is -4.12. The predicted octanol–water partition coefficient (Wildman–Crippen LogP) is 7.92. The van der Waals surface area contributed by atoms with E-state index in [0.717, 1.165) is 39.1 Å². The van der Waals surface area contributed by atoms with Crippen molar-refractivity contribution in [3.8, 4) is 28.7 Å². The average molecular weight is 470 g/mol. The molecule has 0 unspecified atom stereocenters. The Morgan fingerprint density at radius 3 is 1.57 bits per heavy atom. The van der Waals surface area contributed by atoms with Crippen LogP contribution in [-0.2, 0) is 0 Å². The molecule has 0 aliphatic heterocycles. The van der Waals surface area contributed by atoms with Gasteiger partial charge >= 0.3 is 0 Å². The van der Waals surface area contributed by atoms with Crippen LogP contribution in [0, 0.1) is 41.5 Å². The van der Waals surface area contributed by atoms with Crippen molar-refractivity contribution >= 4 is 17.1 Å². The summed E-state index contributed by atoms with van der Waals surface area (Å²) in [5.74, 6) is 1.62. The number of ether oxygens (including phenoxy) is 1. The van der Waals surface area contributed by atoms with E-state index < -0.39 is 0 Å². The SMILES string of the molecule is Cc1cc(C)c(Oc2ccc(N(c3c(O)ccc(C)c3C)c3c(O)ccc(C)c3C)cc2)cc1O. The van der Waals surface area contributed by atoms with Crippen LogP contribution in [0.2, 0.25) is 0 Å². The van der Waals surface area contributed by atoms with Crippen molar-refractivity contribution in [3.63, 3.8) is 0 Å². The van der Waals surface area contributed by atoms with Gasteiger partial charge in [0.1, 0.15) is 28.7 Å². The molecule has 5 nitrogen and oxygen atoms in total. The molecular formula is C30H31NO4. The van der Waals surface area contributed by atoms with Gasteiger partial charge in [0.25, 0.3) is 0 Å². The molecule has 0 aliphatic rings. The Balaban J connectivity index is 1.84. The summed E-state index contributed by atoms with van der Waals surface area (Å²) in [7, 11) is 0. The second-order valence-corrected chi connectivity index (χ2v) is 9.09. The molecule has 0 atom stereocenters. The van der Waals surface area contributed by atoms with E-state index >= 15 is 0 Å². The van der Waals surface area contributed by atoms with Crippen LogP contribution in [0.25, 0.3) is 0 Å². The Labute approximate surface area is 206 Å². The number of phenolic OH excluding ortho intramolecular Hbond substituents is 3. The van der Waals surface area contributed by atoms with E-state index in [1.54, 1.807) is 18.2 Å². The molecule has 0 fully saturated rings. The smallest absolute Gasteiger partial charge is 0.139 e. The lowest BCUT2D eigenvalue weighted by Crippen LogP contribution is -2.14. The molecule has 0 saturated carbocycles. The Morgan fingerprint density at radius 1 is 0.543 bits per heavy atom. The predicted molar refractivity (Wildman–Crippen MR) is 141 cm³/mol. The zero-order valence-electron chi connectivity index (χ0n) is 21.0. The fourth-order valence-electron chi connectivity index (χ4n) is 4.23. The number of anilines is 3. The van der Waals surface area contributed by atoms with E-state index in [9.17, 15) is 15.3 Å². The maximum atomic E-state index is 10.9. The highest BCUT2D eigenvalue weighted by atomic mass is 16.5. The van der Waals surface area contributed by atoms with Crippen LogP contribution in [0.5, 0.6) is 28.7 Å². The van der Waals surface area contributed by atoms with Crippen molar-refractivity contribution in [2.45, 2.75) is 41.5 Å². The van der Waals surface area contributed by atoms with Gasteiger partial charge in [-0.3, -0.25) is 0 Å². The van der Waals surface area contributed by atoms with E-state index in [0.29, 0.717) is 22.9 Å². The number of aryl methyl sites for hydroxylation is 4. The van der Waals surface area contributed by atoms with Gasteiger partial charge in [-0.2, -0.15) is 0 Å². The molecule has 0 spiro atoms. The minimum Gasteiger partial charge on any atom is -0.508 e. The number of hydrogen-bond acceptors (Lipinski definition) is 5. The van der Waals surface area contributed by atoms with E-state index in [4.69, 9.17) is 4.74 Å². The minimum atomic E-state index is 0.125. The van der Waals surface area contributed by atoms with Crippen molar-refractivity contribution in [1.29, 1.82) is 0 Å². The van der Waals surface area contributed by atoms with Crippen LogP contribution >= 0.6 is 0 Å². The molecule has 4 aromatic carbocycles. The second kappa shape index (κ2) is 9.26. The number of aromatic hydroxyl groups is 3. The summed E-state index contributed by atoms with van der Waals surface area (Å²) in [6, 6.07) is 18.1. The Bertz CT molecular complexity index is 1350. The van der Waals surface area contributed by atoms with Crippen molar-refractivity contribution in [1.82, 2.24) is 0 Å². The maximum absolute atomic E-state index is 10.9. The van der Waals surface area contributed by atoms with Crippen molar-refractivity contribution in [3.05, 3.63) is 94.0 Å². The van der Waals surface area contributed by atoms with Gasteiger partial charge in [0, 0.05) is 11.8 Å². The molecule has 3 N–H and O–H groups in total. The number of nitrogens with zero attached hydrogens (tertiary/aromatic N) is 1. The molecule has 5 heteroatoms. The Kier molecular flexibility index (Phi) is 6.35. The van der Waals surface area contributed by atoms with Gasteiger partial charge in [0.2, 0.25) is 0 Å². The molecular weight excluding hydrogens is 438 g/mol. The Morgan fingerprint density at radius 2 is 1.06 bits per heavy atom. The summed E-state index contributed by atoms with van der Waals surface area (Å²) < 4.78 is 6.05. The van der Waals surface area contributed by atoms with Gasteiger partial charge in [-0.05, 0) is 117 Å². The van der Waals surface area contributed by atoms with Crippen molar-refractivity contribution in [2.75, 3.05) is 4.90 Å². The molecule has 0 aromatic heterocycles. The standard InChI is InChI=1S/C30H31NO4/c1-17-7-13-25(32)29(21(17)5)31(30-22(6)18(2)8-14-26(30)33)23-9-11-24(12-10-23)35-28-16-27(34)19(3)15-20(28)4/h7-16,32-34H,1-6H3. The summed E-state index contributed by atoms with van der Waals surface area (Å²) in [6.07, 6.45) is 0. The lowest BCUT2D eigenvalue weighted by molar-refractivity contribution is 0.450. The molecule has 0 radical (unpaired) electrons. The zero-order chi connectivity index (χ0) is 25.4. The van der Waals surface area contributed by atoms with Crippen molar-refractivity contribution in [2.24, 2.45) is 0 Å². The number of rotatable bonds is 5. The summed E-state index contributed by atoms with van der Waals surface area (Å²) in [6.45, 7) is 11.7. The molecule has 180 valence electrons. The molecule has 4 aromatic rings. The first-order valence-electron chi connectivity index (χ1n) is 11.5. The summed E-state index contributed by atoms with van der Waals surface area (Å²) >= 11 is 0. The van der Waals surface area contributed by atoms with E-state index in [-0.39, 0.29) is 17.2 Å². The summed E-state index contributed by atoms with van der Waals surface area (Å²) in [5, 5.41) is 31.9. The number of hydrogen-bond donors (Lipinski definition) is 3. The minimum absolute atomic E-state index is 0.125. The topological polar surface area (TPSA) is 73.2 Å². The van der Waals surface area contributed by atoms with Gasteiger partial charge in [-0.15, -0.1) is 0 Å². The molecule has 0 saturated heterocycles. The van der Waals surface area contributed by atoms with Gasteiger partial charge in [0.05, 0.1) is 11.4 Å². The fraction of sp³-hybridized carbons (Fsp3) is 0.200. The van der Waals surface area contributed by atoms with Crippen LogP contribution in [0.4, 0.5) is 17.1 Å². The molecule has 0 amide bonds. The first-order chi connectivity index (χ1) is 16.6. The highest BCUT2D eigenvalue weighted by molar-refractivity contribution is 5.87. The molecule has 4 rings (SSSR count). The molecule has 0 aliphatic carbocycles. The van der Waals surface area contributed by atoms with Crippen LogP contribution < -0.4 is 9.64 Å². The van der Waals surface area contributed by atoms with Crippen LogP contribution in [0.1, 0.15) is 33.4 Å². The largest absolute Gasteiger partial charge is 0.508 e. The van der Waals surface area contributed by atoms with Crippen LogP contribution in [-0.4, -0.2) is 15.3 Å². The van der Waals surface area contributed by atoms with Crippen LogP contribution in [0.3, 0.4) is 0 Å². The normalized spacial score (nSPS) is 10.9. The molecule has 0 bridgehead atoms. The van der Waals surface area contributed by atoms with Gasteiger partial charge < -0.3 is 25.0 Å². The van der Waals surface area contributed by atoms with Gasteiger partial charge in [-0.1, -0.05) is 12.1 Å². The fourth-order valence-corrected chi connectivity index (χ4v) is 4.23. The van der Waals surface area contributed by atoms with Gasteiger partial charge in [-0.25, -0.2) is 0 Å². The second-order valence-electron chi connectivity index (χ2n) is 9.09. The quantitative estimate of drug-likeness (QED) is 0.277. The third-order valence-corrected chi connectivity index (χ3v) is 6.62. The van der Waals surface area contributed by atoms with E-state index in [1.807, 2.05) is 88.9 Å². The van der Waals surface area contributed by atoms with Crippen molar-refractivity contribution < 1.29 is 20.1 Å².